The summed E-state index contributed by atoms with van der Waals surface area (Å²) in [5.41, 5.74) is 15.7. The van der Waals surface area contributed by atoms with Gasteiger partial charge in [-0.05, 0) is 260 Å². The number of aromatic carboxylic acids is 1. The van der Waals surface area contributed by atoms with Gasteiger partial charge in [0.25, 0.3) is 40.8 Å². The number of carbonyl (C=O) groups excluding carboxylic acids is 5. The molecule has 6 aromatic heterocycles. The van der Waals surface area contributed by atoms with Crippen LogP contribution in [0, 0.1) is 99.0 Å². The number of aromatic hydroxyl groups is 1. The zero-order valence-electron chi connectivity index (χ0n) is 76.9. The first-order valence-corrected chi connectivity index (χ1v) is 41.1. The molecule has 0 saturated carbocycles. The molecule has 0 bridgehead atoms. The van der Waals surface area contributed by atoms with Crippen molar-refractivity contribution in [1.29, 1.82) is 0 Å². The van der Waals surface area contributed by atoms with E-state index in [2.05, 4.69) is 72.4 Å². The molecule has 0 fully saturated rings. The normalized spacial score (nSPS) is 9.95. The number of nitro groups is 5. The third kappa shape index (κ3) is 34.2. The van der Waals surface area contributed by atoms with Crippen molar-refractivity contribution in [1.82, 2.24) is 46.1 Å². The van der Waals surface area contributed by atoms with Crippen molar-refractivity contribution in [2.24, 2.45) is 11.7 Å². The van der Waals surface area contributed by atoms with E-state index < -0.39 is 43.0 Å². The summed E-state index contributed by atoms with van der Waals surface area (Å²) in [5.74, 6) is 12.4. The molecule has 141 heavy (non-hydrogen) atoms. The van der Waals surface area contributed by atoms with Gasteiger partial charge in [-0.25, -0.2) is 16.5 Å². The average molecular weight is 1940 g/mol. The number of ether oxygens (including phenoxy) is 7. The topological polar surface area (TPSA) is 653 Å². The van der Waals surface area contributed by atoms with Gasteiger partial charge < -0.3 is 58.5 Å². The number of nitrogen functional groups attached to an aromatic ring is 1. The Balaban J connectivity index is 0.000000292. The SMILES string of the molecule is CCOC(OCC)OCC.Cc1cc2nccc(Cl)c2cc1C.Cc1cc2nccc(Oc3ccc([N+](=O)[O-])cc3)c2cc1-c1nnco1.Cc1cc2nccc(Oc3ccc([N+](=O)[O-])cc3)c2cc1C.Cc1cc2nccc(Oc3ccc([N+](=O)[O-])cc3)c2cc1C(=O)NN.Cc1cc2nccc(Oc3ccc([N+](=O)[O-])cc3)c2cc1C(=O)O.NNO.O=C=O.O=C=O.O=[N+]([O-])c1ccc(O)cc1.[Li+].[OH-]. The summed E-state index contributed by atoms with van der Waals surface area (Å²) in [4.78, 5) is 128. The van der Waals surface area contributed by atoms with Crippen LogP contribution in [0.5, 0.6) is 51.7 Å². The summed E-state index contributed by atoms with van der Waals surface area (Å²) in [6, 6.07) is 55.6. The van der Waals surface area contributed by atoms with E-state index in [1.54, 1.807) is 112 Å². The fourth-order valence-electron chi connectivity index (χ4n) is 12.2. The summed E-state index contributed by atoms with van der Waals surface area (Å²) in [5, 5.41) is 90.3. The summed E-state index contributed by atoms with van der Waals surface area (Å²) < 4.78 is 43.9. The molecule has 10 aromatic carbocycles. The maximum Gasteiger partial charge on any atom is 1.00 e. The Labute approximate surface area is 816 Å². The van der Waals surface area contributed by atoms with E-state index in [0.29, 0.717) is 105 Å². The predicted molar refractivity (Wildman–Crippen MR) is 506 cm³/mol. The number of carboxylic acids is 1. The van der Waals surface area contributed by atoms with Crippen LogP contribution in [-0.2, 0) is 33.4 Å². The van der Waals surface area contributed by atoms with Gasteiger partial charge in [-0.1, -0.05) is 11.6 Å². The van der Waals surface area contributed by atoms with Crippen LogP contribution in [0.2, 0.25) is 5.02 Å². The first-order valence-electron chi connectivity index (χ1n) is 40.7. The number of amides is 1. The number of rotatable bonds is 22. The molecule has 1 amide bonds. The molecule has 0 unspecified atom stereocenters. The van der Waals surface area contributed by atoms with E-state index >= 15 is 0 Å². The van der Waals surface area contributed by atoms with Crippen molar-refractivity contribution in [2.75, 3.05) is 19.8 Å². The Bertz CT molecular complexity index is 6990. The number of aromatic nitrogens is 7. The minimum Gasteiger partial charge on any atom is -0.870 e. The van der Waals surface area contributed by atoms with E-state index in [-0.39, 0.29) is 76.4 Å². The number of non-ortho nitro benzene ring substituents is 5. The number of nitro benzene ring substituents is 5. The number of hydrogen-bond donors (Lipinski definition) is 7. The Morgan fingerprint density at radius 3 is 0.993 bits per heavy atom. The molecule has 10 N–H and O–H groups in total. The molecule has 44 nitrogen and oxygen atoms in total. The molecule has 16 rings (SSSR count). The number of fused-ring (bicyclic) bond motifs is 5. The number of carbonyl (C=O) groups is 2. The average Bonchev–Trinajstić information content (AvgIpc) is 1.62. The number of aryl methyl sites for hydroxylation is 7. The number of hydrogen-bond acceptors (Lipinski definition) is 37. The van der Waals surface area contributed by atoms with E-state index in [1.807, 2.05) is 71.9 Å². The van der Waals surface area contributed by atoms with Crippen molar-refractivity contribution < 1.29 is 131 Å². The van der Waals surface area contributed by atoms with Gasteiger partial charge in [0.15, 0.2) is 0 Å². The first-order chi connectivity index (χ1) is 66.6. The van der Waals surface area contributed by atoms with Crippen LogP contribution in [0.1, 0.15) is 80.4 Å². The van der Waals surface area contributed by atoms with Gasteiger partial charge in [0.1, 0.15) is 51.7 Å². The molecule has 724 valence electrons. The van der Waals surface area contributed by atoms with Crippen LogP contribution in [0.4, 0.5) is 28.4 Å². The molecule has 0 spiro atoms. The fourth-order valence-corrected chi connectivity index (χ4v) is 12.4. The number of pyridine rings is 5. The molecule has 16 aromatic rings. The molecule has 0 radical (unpaired) electrons. The number of nitrogens with two attached hydrogens (primary N) is 2. The number of nitrogens with one attached hydrogen (secondary N) is 2. The second-order valence-corrected chi connectivity index (χ2v) is 28.6. The second-order valence-electron chi connectivity index (χ2n) is 28.1. The summed E-state index contributed by atoms with van der Waals surface area (Å²) in [6.45, 7) is 20.8. The number of halogens is 1. The third-order valence-corrected chi connectivity index (χ3v) is 19.4. The van der Waals surface area contributed by atoms with E-state index in [9.17, 15) is 65.3 Å². The zero-order chi connectivity index (χ0) is 102. The largest absolute Gasteiger partial charge is 1.00 e. The molecule has 0 aliphatic carbocycles. The van der Waals surface area contributed by atoms with E-state index in [4.69, 9.17) is 84.5 Å². The maximum absolute atomic E-state index is 11.9. The Kier molecular flexibility index (Phi) is 46.6. The molecule has 6 heterocycles. The third-order valence-electron chi connectivity index (χ3n) is 19.0. The monoisotopic (exact) mass is 1940 g/mol. The van der Waals surface area contributed by atoms with Gasteiger partial charge in [0.05, 0.1) is 62.8 Å². The molecular formula is C95H88ClLiN16O28. The van der Waals surface area contributed by atoms with Gasteiger partial charge in [-0.2, -0.15) is 19.2 Å². The number of carboxylic acid groups (broad SMARTS) is 1. The van der Waals surface area contributed by atoms with Gasteiger partial charge in [-0.15, -0.1) is 15.8 Å². The second kappa shape index (κ2) is 57.5. The number of nitrogens with zero attached hydrogens (tertiary/aromatic N) is 12. The summed E-state index contributed by atoms with van der Waals surface area (Å²) in [7, 11) is 0. The zero-order valence-corrected chi connectivity index (χ0v) is 77.6. The fraction of sp³-hybridized carbons (Fsp3) is 0.147. The van der Waals surface area contributed by atoms with Crippen LogP contribution >= 0.6 is 11.6 Å². The van der Waals surface area contributed by atoms with Gasteiger partial charge in [0, 0.05) is 150 Å². The minimum atomic E-state index is -1.03. The van der Waals surface area contributed by atoms with Crippen molar-refractivity contribution >= 4 is 119 Å². The molecule has 0 atom stereocenters. The number of phenolic OH excluding ortho intramolecular Hbond substituents is 1. The van der Waals surface area contributed by atoms with Crippen LogP contribution in [0.25, 0.3) is 66.0 Å². The summed E-state index contributed by atoms with van der Waals surface area (Å²) in [6.07, 6.45) is 10.00. The van der Waals surface area contributed by atoms with Crippen molar-refractivity contribution in [3.8, 4) is 63.2 Å². The first kappa shape index (κ1) is 114. The van der Waals surface area contributed by atoms with Crippen molar-refractivity contribution in [2.45, 2.75) is 75.7 Å². The van der Waals surface area contributed by atoms with Crippen LogP contribution in [0.15, 0.2) is 254 Å². The maximum atomic E-state index is 11.9. The molecule has 46 heteroatoms. The molecule has 0 aliphatic heterocycles. The molecule has 0 saturated heterocycles. The standard InChI is InChI=1S/C18H12N4O4.C17H14N4O4.C17H12N2O5.C17H14N2O3.C11H10ClN.C7H16O3.C6H5NO3.2CO2.Li.H4N2O.H2O/c1-11-8-16-15(9-14(11)18-21-20-10-25-18)17(6-7-19-16)26-13-4-2-12(3-5-13)22(23)24;1-10-8-15-14(9-13(10)17(22)20-18)16(6-7-19-15)25-12-4-2-11(3-5-12)21(23)24;1-10-8-15-14(9-13(10)17(20)21)16(6-7-18-15)24-12-4-2-11(3-5-12)19(22)23;1-11-9-15-16(10-12(11)2)18-8-7-17(15)22-14-5-3-13(4-6-14)19(20)21;1-7-5-9-10(12)3-4-13-11(9)6-8(7)2;1-4-8-7(9-5-2)10-6-3;8-6-3-1-5(2-4-6)7(9)10;2*2-1-3;;1-2-3;/h2-10H,1H3;2-9H,18H2,1H3,(H,20,22);2-9H,1H3,(H,20,21);3-10H,1-2H3;3-6H,1-2H3;7H,4-6H2,1-3H3;1-4,8H;;;;2-3H,1H2;1H2/q;;;;;;;;;+1;;/p-1. The smallest absolute Gasteiger partial charge is 0.870 e. The van der Waals surface area contributed by atoms with Crippen LogP contribution in [-0.4, -0.2) is 131 Å². The Morgan fingerprint density at radius 1 is 0.418 bits per heavy atom. The van der Waals surface area contributed by atoms with Crippen molar-refractivity contribution in [3.63, 3.8) is 0 Å². The van der Waals surface area contributed by atoms with Gasteiger partial charge in [-0.3, -0.25) is 85.7 Å². The Morgan fingerprint density at radius 2 is 0.688 bits per heavy atom. The predicted octanol–water partition coefficient (Wildman–Crippen LogP) is 16.3. The van der Waals surface area contributed by atoms with Gasteiger partial charge in [0.2, 0.25) is 12.3 Å². The van der Waals surface area contributed by atoms with Crippen LogP contribution in [0.3, 0.4) is 0 Å². The number of hydrazine groups is 2. The number of phenols is 1. The molecular weight excluding hydrogens is 1860 g/mol. The Hall–Kier alpha value is -17.3. The number of benzene rings is 10. The van der Waals surface area contributed by atoms with E-state index in [1.165, 1.54) is 132 Å². The minimum absolute atomic E-state index is 0. The molecule has 0 aliphatic rings. The van der Waals surface area contributed by atoms with Crippen molar-refractivity contribution in [3.05, 3.63) is 355 Å². The van der Waals surface area contributed by atoms with Crippen LogP contribution < -0.4 is 60.5 Å². The van der Waals surface area contributed by atoms with Gasteiger partial charge >= 0.3 is 37.1 Å². The van der Waals surface area contributed by atoms with E-state index in [0.717, 1.165) is 60.0 Å². The quantitative estimate of drug-likeness (QED) is 0.00827. The summed E-state index contributed by atoms with van der Waals surface area (Å²) >= 11 is 6.04.